The number of benzene rings is 2. The van der Waals surface area contributed by atoms with Gasteiger partial charge in [-0.15, -0.1) is 10.2 Å². The van der Waals surface area contributed by atoms with Gasteiger partial charge in [0.1, 0.15) is 11.9 Å². The zero-order valence-electron chi connectivity index (χ0n) is 19.0. The molecule has 1 amide bonds. The standard InChI is InChI=1S/C25H23N5O4/c1-14-10-15-12-16(34-23(15)19(11-14)20-8-9-21(33-3)28-27-20)13-26-24(31)22-17-6-4-5-7-18(17)25(32)30(2)29-22/h4-11,16H,12-13H2,1-3H3,(H,26,31). The Morgan fingerprint density at radius 2 is 1.97 bits per heavy atom. The van der Waals surface area contributed by atoms with E-state index in [1.165, 1.54) is 11.7 Å². The molecule has 4 aromatic rings. The fourth-order valence-corrected chi connectivity index (χ4v) is 4.23. The van der Waals surface area contributed by atoms with Gasteiger partial charge in [-0.3, -0.25) is 9.59 Å². The third kappa shape index (κ3) is 3.85. The first kappa shape index (κ1) is 21.6. The number of nitrogens with one attached hydrogen (secondary N) is 1. The lowest BCUT2D eigenvalue weighted by atomic mass is 10.0. The average molecular weight is 457 g/mol. The largest absolute Gasteiger partial charge is 0.487 e. The molecule has 0 fully saturated rings. The second-order valence-electron chi connectivity index (χ2n) is 8.24. The molecular weight excluding hydrogens is 434 g/mol. The molecule has 2 aromatic heterocycles. The lowest BCUT2D eigenvalue weighted by Gasteiger charge is -2.14. The van der Waals surface area contributed by atoms with E-state index in [1.807, 2.05) is 19.1 Å². The highest BCUT2D eigenvalue weighted by Gasteiger charge is 2.28. The van der Waals surface area contributed by atoms with Crippen LogP contribution in [-0.4, -0.2) is 45.6 Å². The maximum Gasteiger partial charge on any atom is 0.274 e. The van der Waals surface area contributed by atoms with Gasteiger partial charge in [0.25, 0.3) is 11.5 Å². The first-order valence-corrected chi connectivity index (χ1v) is 10.9. The number of carbonyl (C=O) groups excluding carboxylic acids is 1. The normalized spacial score (nSPS) is 14.5. The minimum absolute atomic E-state index is 0.207. The van der Waals surface area contributed by atoms with Crippen LogP contribution in [0.25, 0.3) is 22.0 Å². The molecule has 0 saturated carbocycles. The lowest BCUT2D eigenvalue weighted by Crippen LogP contribution is -2.36. The number of ether oxygens (including phenoxy) is 2. The van der Waals surface area contributed by atoms with E-state index in [0.29, 0.717) is 35.3 Å². The van der Waals surface area contributed by atoms with Crippen LogP contribution in [0.5, 0.6) is 11.6 Å². The van der Waals surface area contributed by atoms with Gasteiger partial charge in [0.15, 0.2) is 5.69 Å². The molecule has 0 saturated heterocycles. The first-order chi connectivity index (χ1) is 16.4. The van der Waals surface area contributed by atoms with Crippen molar-refractivity contribution in [1.29, 1.82) is 0 Å². The Kier molecular flexibility index (Phi) is 5.45. The van der Waals surface area contributed by atoms with Crippen molar-refractivity contribution in [2.24, 2.45) is 7.05 Å². The molecule has 1 aliphatic rings. The predicted molar refractivity (Wildman–Crippen MR) is 126 cm³/mol. The van der Waals surface area contributed by atoms with Gasteiger partial charge in [0.05, 0.1) is 24.7 Å². The Morgan fingerprint density at radius 1 is 1.18 bits per heavy atom. The number of carbonyl (C=O) groups is 1. The van der Waals surface area contributed by atoms with Gasteiger partial charge >= 0.3 is 0 Å². The van der Waals surface area contributed by atoms with Gasteiger partial charge in [0.2, 0.25) is 5.88 Å². The van der Waals surface area contributed by atoms with Crippen molar-refractivity contribution in [3.63, 3.8) is 0 Å². The van der Waals surface area contributed by atoms with E-state index in [0.717, 1.165) is 22.4 Å². The summed E-state index contributed by atoms with van der Waals surface area (Å²) < 4.78 is 12.5. The van der Waals surface area contributed by atoms with E-state index in [9.17, 15) is 9.59 Å². The maximum atomic E-state index is 13.0. The van der Waals surface area contributed by atoms with Crippen LogP contribution in [0, 0.1) is 6.92 Å². The zero-order chi connectivity index (χ0) is 23.8. The molecule has 0 spiro atoms. The highest BCUT2D eigenvalue weighted by Crippen LogP contribution is 2.39. The number of nitrogens with zero attached hydrogens (tertiary/aromatic N) is 4. The molecule has 0 bridgehead atoms. The summed E-state index contributed by atoms with van der Waals surface area (Å²) in [7, 11) is 3.08. The number of methoxy groups -OCH3 is 1. The van der Waals surface area contributed by atoms with Crippen LogP contribution in [0.4, 0.5) is 0 Å². The Bertz CT molecular complexity index is 1460. The highest BCUT2D eigenvalue weighted by atomic mass is 16.5. The Morgan fingerprint density at radius 3 is 2.71 bits per heavy atom. The van der Waals surface area contributed by atoms with Gasteiger partial charge in [-0.2, -0.15) is 5.10 Å². The van der Waals surface area contributed by atoms with Crippen molar-refractivity contribution < 1.29 is 14.3 Å². The van der Waals surface area contributed by atoms with Crippen LogP contribution in [0.1, 0.15) is 21.6 Å². The number of amides is 1. The van der Waals surface area contributed by atoms with E-state index in [2.05, 4.69) is 26.7 Å². The number of rotatable bonds is 5. The Labute approximate surface area is 195 Å². The first-order valence-electron chi connectivity index (χ1n) is 10.9. The molecule has 172 valence electrons. The van der Waals surface area contributed by atoms with Gasteiger partial charge in [-0.25, -0.2) is 4.68 Å². The third-order valence-electron chi connectivity index (χ3n) is 5.83. The molecule has 34 heavy (non-hydrogen) atoms. The number of hydrogen-bond donors (Lipinski definition) is 1. The average Bonchev–Trinajstić information content (AvgIpc) is 3.27. The molecule has 1 unspecified atom stereocenters. The molecule has 5 rings (SSSR count). The van der Waals surface area contributed by atoms with Crippen LogP contribution < -0.4 is 20.3 Å². The summed E-state index contributed by atoms with van der Waals surface area (Å²) >= 11 is 0. The SMILES string of the molecule is COc1ccc(-c2cc(C)cc3c2OC(CNC(=O)c2nn(C)c(=O)c4ccccc24)C3)nn1. The topological polar surface area (TPSA) is 108 Å². The molecule has 1 aliphatic heterocycles. The molecule has 2 aromatic carbocycles. The summed E-state index contributed by atoms with van der Waals surface area (Å²) in [6, 6.07) is 14.7. The minimum Gasteiger partial charge on any atom is -0.487 e. The molecular formula is C25H23N5O4. The van der Waals surface area contributed by atoms with Crippen molar-refractivity contribution in [3.8, 4) is 22.9 Å². The van der Waals surface area contributed by atoms with E-state index < -0.39 is 0 Å². The van der Waals surface area contributed by atoms with E-state index >= 15 is 0 Å². The number of hydrogen-bond acceptors (Lipinski definition) is 7. The van der Waals surface area contributed by atoms with Gasteiger partial charge in [0, 0.05) is 30.5 Å². The smallest absolute Gasteiger partial charge is 0.274 e. The number of aryl methyl sites for hydroxylation is 2. The van der Waals surface area contributed by atoms with Gasteiger partial charge < -0.3 is 14.8 Å². The van der Waals surface area contributed by atoms with Gasteiger partial charge in [-0.1, -0.05) is 24.3 Å². The number of fused-ring (bicyclic) bond motifs is 2. The fraction of sp³-hybridized carbons (Fsp3) is 0.240. The monoisotopic (exact) mass is 457 g/mol. The lowest BCUT2D eigenvalue weighted by molar-refractivity contribution is 0.0928. The highest BCUT2D eigenvalue weighted by molar-refractivity contribution is 6.04. The van der Waals surface area contributed by atoms with Crippen molar-refractivity contribution in [2.75, 3.05) is 13.7 Å². The fourth-order valence-electron chi connectivity index (χ4n) is 4.23. The van der Waals surface area contributed by atoms with E-state index in [1.54, 1.807) is 37.4 Å². The summed E-state index contributed by atoms with van der Waals surface area (Å²) in [4.78, 5) is 25.3. The summed E-state index contributed by atoms with van der Waals surface area (Å²) in [6.45, 7) is 2.31. The van der Waals surface area contributed by atoms with Crippen LogP contribution in [0.15, 0.2) is 53.3 Å². The molecule has 1 N–H and O–H groups in total. The summed E-state index contributed by atoms with van der Waals surface area (Å²) in [5.41, 5.74) is 3.64. The third-order valence-corrected chi connectivity index (χ3v) is 5.83. The van der Waals surface area contributed by atoms with Crippen LogP contribution in [0.2, 0.25) is 0 Å². The summed E-state index contributed by atoms with van der Waals surface area (Å²) in [6.07, 6.45) is 0.402. The molecule has 1 atom stereocenters. The number of aromatic nitrogens is 4. The summed E-state index contributed by atoms with van der Waals surface area (Å²) in [5, 5.41) is 16.4. The van der Waals surface area contributed by atoms with Crippen LogP contribution in [-0.2, 0) is 13.5 Å². The van der Waals surface area contributed by atoms with Crippen molar-refractivity contribution in [1.82, 2.24) is 25.3 Å². The Balaban J connectivity index is 1.36. The molecule has 0 aliphatic carbocycles. The molecule has 9 nitrogen and oxygen atoms in total. The van der Waals surface area contributed by atoms with E-state index in [4.69, 9.17) is 9.47 Å². The van der Waals surface area contributed by atoms with Crippen molar-refractivity contribution in [3.05, 3.63) is 75.7 Å². The van der Waals surface area contributed by atoms with Gasteiger partial charge in [-0.05, 0) is 36.2 Å². The quantitative estimate of drug-likeness (QED) is 0.490. The molecule has 0 radical (unpaired) electrons. The summed E-state index contributed by atoms with van der Waals surface area (Å²) in [5.74, 6) is 0.827. The van der Waals surface area contributed by atoms with Crippen LogP contribution in [0.3, 0.4) is 0 Å². The van der Waals surface area contributed by atoms with Crippen molar-refractivity contribution in [2.45, 2.75) is 19.4 Å². The zero-order valence-corrected chi connectivity index (χ0v) is 19.0. The maximum absolute atomic E-state index is 13.0. The second kappa shape index (κ2) is 8.58. The van der Waals surface area contributed by atoms with E-state index in [-0.39, 0.29) is 23.3 Å². The minimum atomic E-state index is -0.358. The predicted octanol–water partition coefficient (Wildman–Crippen LogP) is 2.44. The second-order valence-corrected chi connectivity index (χ2v) is 8.24. The Hall–Kier alpha value is -4.27. The molecule has 3 heterocycles. The van der Waals surface area contributed by atoms with Crippen molar-refractivity contribution >= 4 is 16.7 Å². The molecule has 9 heteroatoms. The van der Waals surface area contributed by atoms with Crippen LogP contribution >= 0.6 is 0 Å².